The first-order valence-electron chi connectivity index (χ1n) is 8.61. The van der Waals surface area contributed by atoms with Crippen molar-refractivity contribution in [3.63, 3.8) is 0 Å². The van der Waals surface area contributed by atoms with Gasteiger partial charge in [-0.05, 0) is 31.2 Å². The van der Waals surface area contributed by atoms with Crippen LogP contribution in [0.15, 0.2) is 36.7 Å². The predicted octanol–water partition coefficient (Wildman–Crippen LogP) is 4.67. The summed E-state index contributed by atoms with van der Waals surface area (Å²) in [5.74, 6) is 0.866. The maximum Gasteiger partial charge on any atom is 0.172 e. The topological polar surface area (TPSA) is 43.1 Å². The van der Waals surface area contributed by atoms with E-state index in [1.165, 1.54) is 47.9 Å². The van der Waals surface area contributed by atoms with Crippen molar-refractivity contribution in [1.29, 1.82) is 0 Å². The van der Waals surface area contributed by atoms with Crippen molar-refractivity contribution >= 4 is 27.2 Å². The van der Waals surface area contributed by atoms with Crippen LogP contribution in [-0.4, -0.2) is 19.6 Å². The third-order valence-electron chi connectivity index (χ3n) is 4.89. The minimum atomic E-state index is 0.866. The van der Waals surface area contributed by atoms with Crippen LogP contribution in [-0.2, 0) is 12.8 Å². The van der Waals surface area contributed by atoms with E-state index in [-0.39, 0.29) is 0 Å². The number of fused-ring (bicyclic) bond motifs is 5. The largest absolute Gasteiger partial charge is 0.265 e. The first-order valence-corrected chi connectivity index (χ1v) is 9.43. The molecule has 4 aromatic rings. The molecule has 24 heavy (non-hydrogen) atoms. The molecular weight excluding hydrogens is 316 g/mol. The average molecular weight is 334 g/mol. The van der Waals surface area contributed by atoms with Gasteiger partial charge in [0.15, 0.2) is 11.5 Å². The zero-order valence-corrected chi connectivity index (χ0v) is 14.2. The van der Waals surface area contributed by atoms with E-state index >= 15 is 0 Å². The second kappa shape index (κ2) is 5.67. The predicted molar refractivity (Wildman–Crippen MR) is 97.5 cm³/mol. The summed E-state index contributed by atoms with van der Waals surface area (Å²) in [4.78, 5) is 7.36. The molecule has 0 aliphatic heterocycles. The molecule has 0 radical (unpaired) electrons. The highest BCUT2D eigenvalue weighted by Gasteiger charge is 2.20. The molecule has 0 spiro atoms. The van der Waals surface area contributed by atoms with Crippen LogP contribution in [0.2, 0.25) is 0 Å². The molecule has 0 amide bonds. The Labute approximate surface area is 144 Å². The van der Waals surface area contributed by atoms with Crippen LogP contribution in [0.5, 0.6) is 0 Å². The molecule has 5 heteroatoms. The molecule has 1 aliphatic rings. The van der Waals surface area contributed by atoms with Crippen LogP contribution in [0.4, 0.5) is 0 Å². The van der Waals surface area contributed by atoms with Gasteiger partial charge in [0.05, 0.1) is 5.39 Å². The lowest BCUT2D eigenvalue weighted by atomic mass is 9.98. The number of rotatable bonds is 1. The summed E-state index contributed by atoms with van der Waals surface area (Å²) in [6, 6.07) is 10.2. The molecule has 3 heterocycles. The number of nitrogens with zero attached hydrogens (tertiary/aromatic N) is 4. The number of hydrogen-bond donors (Lipinski definition) is 0. The van der Waals surface area contributed by atoms with Gasteiger partial charge in [-0.15, -0.1) is 21.5 Å². The molecule has 0 unspecified atom stereocenters. The van der Waals surface area contributed by atoms with Gasteiger partial charge >= 0.3 is 0 Å². The maximum atomic E-state index is 4.74. The van der Waals surface area contributed by atoms with E-state index in [1.807, 2.05) is 40.3 Å². The fourth-order valence-corrected chi connectivity index (χ4v) is 4.92. The zero-order chi connectivity index (χ0) is 15.9. The molecule has 0 fully saturated rings. The van der Waals surface area contributed by atoms with Gasteiger partial charge in [0.2, 0.25) is 0 Å². The Morgan fingerprint density at radius 1 is 0.917 bits per heavy atom. The van der Waals surface area contributed by atoms with Crippen molar-refractivity contribution in [2.75, 3.05) is 0 Å². The Kier molecular flexibility index (Phi) is 3.33. The van der Waals surface area contributed by atoms with Crippen LogP contribution in [0.25, 0.3) is 27.3 Å². The Hall–Kier alpha value is -2.27. The van der Waals surface area contributed by atoms with Crippen LogP contribution < -0.4 is 0 Å². The van der Waals surface area contributed by atoms with Gasteiger partial charge in [0.25, 0.3) is 0 Å². The summed E-state index contributed by atoms with van der Waals surface area (Å²) < 4.78 is 2.05. The number of aryl methyl sites for hydroxylation is 2. The van der Waals surface area contributed by atoms with Crippen molar-refractivity contribution in [2.24, 2.45) is 0 Å². The van der Waals surface area contributed by atoms with Crippen molar-refractivity contribution in [1.82, 2.24) is 19.6 Å². The van der Waals surface area contributed by atoms with Crippen LogP contribution in [0, 0.1) is 0 Å². The smallest absolute Gasteiger partial charge is 0.172 e. The monoisotopic (exact) mass is 334 g/mol. The first kappa shape index (κ1) is 14.1. The second-order valence-corrected chi connectivity index (χ2v) is 7.51. The lowest BCUT2D eigenvalue weighted by Gasteiger charge is -2.09. The van der Waals surface area contributed by atoms with Gasteiger partial charge in [-0.25, -0.2) is 4.98 Å². The SMILES string of the molecule is c1ccc(-c2nnc3c4c5c(sc4ncn23)CCCCCC5)cc1. The average Bonchev–Trinajstić information content (AvgIpc) is 3.16. The minimum absolute atomic E-state index is 0.866. The Balaban J connectivity index is 1.77. The highest BCUT2D eigenvalue weighted by molar-refractivity contribution is 7.19. The van der Waals surface area contributed by atoms with E-state index in [4.69, 9.17) is 4.98 Å². The fourth-order valence-electron chi connectivity index (χ4n) is 3.69. The highest BCUT2D eigenvalue weighted by atomic mass is 32.1. The lowest BCUT2D eigenvalue weighted by molar-refractivity contribution is 0.624. The van der Waals surface area contributed by atoms with E-state index < -0.39 is 0 Å². The van der Waals surface area contributed by atoms with Gasteiger partial charge < -0.3 is 0 Å². The Morgan fingerprint density at radius 2 is 1.75 bits per heavy atom. The maximum absolute atomic E-state index is 4.74. The molecule has 0 saturated carbocycles. The van der Waals surface area contributed by atoms with Crippen molar-refractivity contribution in [3.05, 3.63) is 47.1 Å². The molecule has 120 valence electrons. The fraction of sp³-hybridized carbons (Fsp3) is 0.316. The molecule has 0 atom stereocenters. The second-order valence-electron chi connectivity index (χ2n) is 6.43. The molecule has 5 rings (SSSR count). The molecule has 3 aromatic heterocycles. The standard InChI is InChI=1S/C19H18N4S/c1-2-7-11-15-14(10-6-1)16-18-22-21-17(13-8-4-3-5-9-13)23(18)12-20-19(16)24-15/h3-5,8-9,12H,1-2,6-7,10-11H2. The molecule has 0 N–H and O–H groups in total. The van der Waals surface area contributed by atoms with Crippen molar-refractivity contribution in [2.45, 2.75) is 38.5 Å². The molecule has 0 bridgehead atoms. The summed E-state index contributed by atoms with van der Waals surface area (Å²) >= 11 is 1.85. The van der Waals surface area contributed by atoms with Crippen LogP contribution in [0.1, 0.15) is 36.1 Å². The summed E-state index contributed by atoms with van der Waals surface area (Å²) in [5.41, 5.74) is 3.50. The molecule has 4 nitrogen and oxygen atoms in total. The van der Waals surface area contributed by atoms with E-state index in [0.717, 1.165) is 28.3 Å². The molecular formula is C19H18N4S. The highest BCUT2D eigenvalue weighted by Crippen LogP contribution is 2.36. The molecule has 1 aliphatic carbocycles. The van der Waals surface area contributed by atoms with Crippen LogP contribution >= 0.6 is 11.3 Å². The molecule has 1 aromatic carbocycles. The lowest BCUT2D eigenvalue weighted by Crippen LogP contribution is -1.97. The summed E-state index contributed by atoms with van der Waals surface area (Å²) in [7, 11) is 0. The number of aromatic nitrogens is 4. The normalized spacial score (nSPS) is 15.3. The van der Waals surface area contributed by atoms with Crippen molar-refractivity contribution < 1.29 is 0 Å². The zero-order valence-electron chi connectivity index (χ0n) is 13.4. The van der Waals surface area contributed by atoms with Gasteiger partial charge in [-0.1, -0.05) is 43.2 Å². The van der Waals surface area contributed by atoms with Gasteiger partial charge in [-0.2, -0.15) is 0 Å². The molecule has 0 saturated heterocycles. The number of thiophene rings is 1. The minimum Gasteiger partial charge on any atom is -0.265 e. The van der Waals surface area contributed by atoms with Crippen molar-refractivity contribution in [3.8, 4) is 11.4 Å². The van der Waals surface area contributed by atoms with Crippen LogP contribution in [0.3, 0.4) is 0 Å². The van der Waals surface area contributed by atoms with Gasteiger partial charge in [-0.3, -0.25) is 4.40 Å². The third kappa shape index (κ3) is 2.15. The summed E-state index contributed by atoms with van der Waals surface area (Å²) in [6.45, 7) is 0. The number of benzene rings is 1. The Morgan fingerprint density at radius 3 is 2.62 bits per heavy atom. The Bertz CT molecular complexity index is 1020. The van der Waals surface area contributed by atoms with E-state index in [9.17, 15) is 0 Å². The third-order valence-corrected chi connectivity index (χ3v) is 6.09. The first-order chi connectivity index (χ1) is 11.9. The van der Waals surface area contributed by atoms with E-state index in [0.29, 0.717) is 0 Å². The summed E-state index contributed by atoms with van der Waals surface area (Å²) in [6.07, 6.45) is 9.43. The number of hydrogen-bond acceptors (Lipinski definition) is 4. The van der Waals surface area contributed by atoms with Gasteiger partial charge in [0.1, 0.15) is 11.2 Å². The van der Waals surface area contributed by atoms with E-state index in [1.54, 1.807) is 0 Å². The summed E-state index contributed by atoms with van der Waals surface area (Å²) in [5, 5.41) is 10.2. The van der Waals surface area contributed by atoms with E-state index in [2.05, 4.69) is 22.3 Å². The quantitative estimate of drug-likeness (QED) is 0.508. The van der Waals surface area contributed by atoms with Gasteiger partial charge in [0, 0.05) is 10.4 Å².